The first-order valence-electron chi connectivity index (χ1n) is 9.64. The second kappa shape index (κ2) is 7.46. The number of fused-ring (bicyclic) bond motifs is 1. The topological polar surface area (TPSA) is 21.1 Å². The highest BCUT2D eigenvalue weighted by Gasteiger charge is 2.24. The summed E-state index contributed by atoms with van der Waals surface area (Å²) >= 11 is 0. The van der Waals surface area contributed by atoms with Gasteiger partial charge in [-0.25, -0.2) is 0 Å². The van der Waals surface area contributed by atoms with Gasteiger partial charge < -0.3 is 4.90 Å². The summed E-state index contributed by atoms with van der Waals surface area (Å²) in [7, 11) is 0. The molecule has 0 spiro atoms. The summed E-state index contributed by atoms with van der Waals surface area (Å²) in [5, 5.41) is 5.07. The largest absolute Gasteiger partial charge is 0.300 e. The maximum absolute atomic E-state index is 5.07. The van der Waals surface area contributed by atoms with Gasteiger partial charge >= 0.3 is 0 Å². The van der Waals surface area contributed by atoms with Crippen molar-refractivity contribution < 1.29 is 0 Å². The summed E-state index contributed by atoms with van der Waals surface area (Å²) in [4.78, 5) is 2.58. The zero-order chi connectivity index (χ0) is 17.9. The molecule has 1 aliphatic heterocycles. The van der Waals surface area contributed by atoms with Gasteiger partial charge in [-0.1, -0.05) is 60.7 Å². The molecule has 26 heavy (non-hydrogen) atoms. The highest BCUT2D eigenvalue weighted by molar-refractivity contribution is 5.64. The number of hydrogen-bond donors (Lipinski definition) is 0. The molecular weight excluding hydrogens is 318 g/mol. The molecule has 0 bridgehead atoms. The molecule has 2 aromatic carbocycles. The van der Waals surface area contributed by atoms with Gasteiger partial charge in [0.25, 0.3) is 0 Å². The molecule has 0 amide bonds. The predicted octanol–water partition coefficient (Wildman–Crippen LogP) is 4.41. The number of nitrogens with zero attached hydrogens (tertiary/aromatic N) is 3. The van der Waals surface area contributed by atoms with Gasteiger partial charge in [0.15, 0.2) is 0 Å². The molecule has 134 valence electrons. The quantitative estimate of drug-likeness (QED) is 0.698. The van der Waals surface area contributed by atoms with Gasteiger partial charge in [-0.15, -0.1) is 0 Å². The van der Waals surface area contributed by atoms with Crippen LogP contribution in [0.3, 0.4) is 0 Å². The lowest BCUT2D eigenvalue weighted by atomic mass is 10.0. The van der Waals surface area contributed by atoms with Gasteiger partial charge in [0.1, 0.15) is 0 Å². The Morgan fingerprint density at radius 3 is 2.23 bits per heavy atom. The van der Waals surface area contributed by atoms with Crippen LogP contribution in [-0.2, 0) is 19.4 Å². The van der Waals surface area contributed by atoms with Crippen molar-refractivity contribution >= 4 is 0 Å². The third-order valence-electron chi connectivity index (χ3n) is 5.40. The van der Waals surface area contributed by atoms with Crippen molar-refractivity contribution in [3.05, 3.63) is 77.5 Å². The molecule has 0 atom stereocenters. The van der Waals surface area contributed by atoms with Crippen LogP contribution in [0.4, 0.5) is 0 Å². The van der Waals surface area contributed by atoms with E-state index in [2.05, 4.69) is 84.1 Å². The minimum absolute atomic E-state index is 0.592. The highest BCUT2D eigenvalue weighted by atomic mass is 15.3. The molecule has 0 N–H and O–H groups in total. The fourth-order valence-corrected chi connectivity index (χ4v) is 3.92. The number of aromatic nitrogens is 2. The van der Waals surface area contributed by atoms with E-state index in [-0.39, 0.29) is 0 Å². The van der Waals surface area contributed by atoms with E-state index in [1.54, 1.807) is 0 Å². The molecule has 3 aromatic rings. The maximum Gasteiger partial charge on any atom is 0.0958 e. The Labute approximate surface area is 156 Å². The van der Waals surface area contributed by atoms with E-state index in [0.29, 0.717) is 6.04 Å². The lowest BCUT2D eigenvalue weighted by Gasteiger charge is -2.24. The summed E-state index contributed by atoms with van der Waals surface area (Å²) in [6.45, 7) is 7.66. The van der Waals surface area contributed by atoms with E-state index >= 15 is 0 Å². The third-order valence-corrected chi connectivity index (χ3v) is 5.40. The summed E-state index contributed by atoms with van der Waals surface area (Å²) in [5.74, 6) is 0. The number of rotatable bonds is 4. The summed E-state index contributed by atoms with van der Waals surface area (Å²) < 4.78 is 2.25. The molecule has 4 rings (SSSR count). The number of hydrogen-bond acceptors (Lipinski definition) is 2. The van der Waals surface area contributed by atoms with Crippen LogP contribution in [-0.4, -0.2) is 33.8 Å². The summed E-state index contributed by atoms with van der Waals surface area (Å²) in [6, 6.07) is 21.9. The monoisotopic (exact) mass is 345 g/mol. The van der Waals surface area contributed by atoms with Crippen LogP contribution in [0.25, 0.3) is 11.3 Å². The highest BCUT2D eigenvalue weighted by Crippen LogP contribution is 2.29. The predicted molar refractivity (Wildman–Crippen MR) is 107 cm³/mol. The molecule has 2 heterocycles. The maximum atomic E-state index is 5.07. The van der Waals surface area contributed by atoms with Crippen LogP contribution in [0.1, 0.15) is 30.7 Å². The normalized spacial score (nSPS) is 15.0. The first-order chi connectivity index (χ1) is 12.7. The Morgan fingerprint density at radius 1 is 0.885 bits per heavy atom. The van der Waals surface area contributed by atoms with Crippen LogP contribution in [0.5, 0.6) is 0 Å². The van der Waals surface area contributed by atoms with Gasteiger partial charge in [-0.2, -0.15) is 5.10 Å². The molecule has 0 radical (unpaired) electrons. The lowest BCUT2D eigenvalue weighted by molar-refractivity contribution is 0.231. The lowest BCUT2D eigenvalue weighted by Crippen LogP contribution is -2.33. The Balaban J connectivity index is 1.74. The molecular formula is C23H27N3. The minimum Gasteiger partial charge on any atom is -0.300 e. The average molecular weight is 345 g/mol. The van der Waals surface area contributed by atoms with Crippen LogP contribution in [0.15, 0.2) is 60.7 Å². The Hall–Kier alpha value is -2.39. The van der Waals surface area contributed by atoms with Crippen LogP contribution < -0.4 is 0 Å². The first kappa shape index (κ1) is 17.0. The van der Waals surface area contributed by atoms with Crippen molar-refractivity contribution in [2.75, 3.05) is 13.1 Å². The SMILES string of the molecule is CC(C)N1CCc2c(-c3ccccc3)nn(Cc3ccccc3)c2CC1. The molecule has 1 aliphatic rings. The standard InChI is InChI=1S/C23H27N3/c1-18(2)25-15-13-21-22(14-16-25)26(17-19-9-5-3-6-10-19)24-23(21)20-11-7-4-8-12-20/h3-12,18H,13-17H2,1-2H3. The van der Waals surface area contributed by atoms with Gasteiger partial charge in [0.05, 0.1) is 12.2 Å². The van der Waals surface area contributed by atoms with E-state index in [4.69, 9.17) is 5.10 Å². The third kappa shape index (κ3) is 3.45. The fraction of sp³-hybridized carbons (Fsp3) is 0.348. The molecule has 0 unspecified atom stereocenters. The van der Waals surface area contributed by atoms with E-state index < -0.39 is 0 Å². The van der Waals surface area contributed by atoms with Crippen molar-refractivity contribution in [2.45, 2.75) is 39.3 Å². The summed E-state index contributed by atoms with van der Waals surface area (Å²) in [5.41, 5.74) is 6.56. The van der Waals surface area contributed by atoms with Gasteiger partial charge in [0, 0.05) is 42.4 Å². The number of benzene rings is 2. The zero-order valence-corrected chi connectivity index (χ0v) is 15.7. The zero-order valence-electron chi connectivity index (χ0n) is 15.7. The first-order valence-corrected chi connectivity index (χ1v) is 9.64. The van der Waals surface area contributed by atoms with E-state index in [1.807, 2.05) is 0 Å². The van der Waals surface area contributed by atoms with Crippen molar-refractivity contribution in [1.82, 2.24) is 14.7 Å². The molecule has 0 saturated heterocycles. The van der Waals surface area contributed by atoms with E-state index in [0.717, 1.165) is 32.5 Å². The minimum atomic E-state index is 0.592. The van der Waals surface area contributed by atoms with Gasteiger partial charge in [-0.3, -0.25) is 4.68 Å². The Bertz CT molecular complexity index is 850. The molecule has 3 heteroatoms. The van der Waals surface area contributed by atoms with Crippen LogP contribution in [0, 0.1) is 0 Å². The van der Waals surface area contributed by atoms with Crippen LogP contribution >= 0.6 is 0 Å². The Kier molecular flexibility index (Phi) is 4.89. The fourth-order valence-electron chi connectivity index (χ4n) is 3.92. The second-order valence-electron chi connectivity index (χ2n) is 7.41. The van der Waals surface area contributed by atoms with E-state index in [9.17, 15) is 0 Å². The molecule has 3 nitrogen and oxygen atoms in total. The van der Waals surface area contributed by atoms with Crippen molar-refractivity contribution in [3.8, 4) is 11.3 Å². The molecule has 0 aliphatic carbocycles. The molecule has 0 fully saturated rings. The van der Waals surface area contributed by atoms with Gasteiger partial charge in [0.2, 0.25) is 0 Å². The van der Waals surface area contributed by atoms with E-state index in [1.165, 1.54) is 28.1 Å². The molecule has 1 aromatic heterocycles. The van der Waals surface area contributed by atoms with Crippen molar-refractivity contribution in [2.24, 2.45) is 0 Å². The summed E-state index contributed by atoms with van der Waals surface area (Å²) in [6.07, 6.45) is 2.15. The van der Waals surface area contributed by atoms with Crippen molar-refractivity contribution in [3.63, 3.8) is 0 Å². The van der Waals surface area contributed by atoms with Gasteiger partial charge in [-0.05, 0) is 25.8 Å². The average Bonchev–Trinajstić information content (AvgIpc) is 2.86. The van der Waals surface area contributed by atoms with Crippen molar-refractivity contribution in [1.29, 1.82) is 0 Å². The van der Waals surface area contributed by atoms with Crippen LogP contribution in [0.2, 0.25) is 0 Å². The Morgan fingerprint density at radius 2 is 1.54 bits per heavy atom. The smallest absolute Gasteiger partial charge is 0.0958 e. The second-order valence-corrected chi connectivity index (χ2v) is 7.41. The molecule has 0 saturated carbocycles.